The van der Waals surface area contributed by atoms with Gasteiger partial charge in [0.15, 0.2) is 5.82 Å². The van der Waals surface area contributed by atoms with Crippen molar-refractivity contribution in [3.8, 4) is 0 Å². The van der Waals surface area contributed by atoms with Gasteiger partial charge in [0.05, 0.1) is 0 Å². The highest BCUT2D eigenvalue weighted by atomic mass is 16.2. The Hall–Kier alpha value is -2.37. The van der Waals surface area contributed by atoms with E-state index in [2.05, 4.69) is 4.98 Å². The number of carbonyl (C=O) groups is 2. The Balaban J connectivity index is 1.75. The summed E-state index contributed by atoms with van der Waals surface area (Å²) < 4.78 is 3.55. The number of ketones is 1. The molecule has 6 heteroatoms. The highest BCUT2D eigenvalue weighted by Crippen LogP contribution is 2.21. The van der Waals surface area contributed by atoms with Crippen LogP contribution < -0.4 is 0 Å². The smallest absolute Gasteiger partial charge is 0.270 e. The molecule has 1 aliphatic heterocycles. The lowest BCUT2D eigenvalue weighted by Crippen LogP contribution is -2.43. The van der Waals surface area contributed by atoms with Crippen molar-refractivity contribution in [1.82, 2.24) is 19.0 Å². The van der Waals surface area contributed by atoms with Crippen LogP contribution in [-0.2, 0) is 14.1 Å². The van der Waals surface area contributed by atoms with Gasteiger partial charge in [-0.3, -0.25) is 9.59 Å². The molecule has 116 valence electrons. The molecule has 0 radical (unpaired) electrons. The quantitative estimate of drug-likeness (QED) is 0.807. The molecule has 3 rings (SSSR count). The minimum absolute atomic E-state index is 0.00941. The first-order chi connectivity index (χ1) is 10.6. The van der Waals surface area contributed by atoms with E-state index in [1.807, 2.05) is 37.0 Å². The highest BCUT2D eigenvalue weighted by molar-refractivity contribution is 5.96. The molecule has 0 bridgehead atoms. The van der Waals surface area contributed by atoms with Gasteiger partial charge in [-0.05, 0) is 25.0 Å². The first-order valence-corrected chi connectivity index (χ1v) is 7.50. The third-order valence-corrected chi connectivity index (χ3v) is 4.28. The second-order valence-electron chi connectivity index (χ2n) is 5.82. The lowest BCUT2D eigenvalue weighted by molar-refractivity contribution is 0.0625. The number of hydrogen-bond donors (Lipinski definition) is 0. The summed E-state index contributed by atoms with van der Waals surface area (Å²) in [5, 5.41) is 0. The van der Waals surface area contributed by atoms with Crippen LogP contribution in [0.3, 0.4) is 0 Å². The van der Waals surface area contributed by atoms with E-state index >= 15 is 0 Å². The number of aryl methyl sites for hydroxylation is 2. The number of aromatic nitrogens is 3. The monoisotopic (exact) mass is 300 g/mol. The Morgan fingerprint density at radius 3 is 2.68 bits per heavy atom. The third kappa shape index (κ3) is 2.56. The molecule has 0 unspecified atom stereocenters. The van der Waals surface area contributed by atoms with Gasteiger partial charge >= 0.3 is 0 Å². The van der Waals surface area contributed by atoms with Crippen LogP contribution in [0.4, 0.5) is 0 Å². The van der Waals surface area contributed by atoms with Gasteiger partial charge in [0.25, 0.3) is 5.91 Å². The van der Waals surface area contributed by atoms with Gasteiger partial charge in [-0.15, -0.1) is 0 Å². The van der Waals surface area contributed by atoms with Crippen LogP contribution >= 0.6 is 0 Å². The molecule has 0 spiro atoms. The van der Waals surface area contributed by atoms with Crippen LogP contribution in [0.2, 0.25) is 0 Å². The predicted octanol–water partition coefficient (Wildman–Crippen LogP) is 1.49. The summed E-state index contributed by atoms with van der Waals surface area (Å²) in [5.74, 6) is 0.318. The minimum atomic E-state index is -0.168. The third-order valence-electron chi connectivity index (χ3n) is 4.28. The molecular weight excluding hydrogens is 280 g/mol. The maximum Gasteiger partial charge on any atom is 0.270 e. The number of amides is 1. The molecule has 0 aliphatic carbocycles. The van der Waals surface area contributed by atoms with Crippen LogP contribution in [0.25, 0.3) is 0 Å². The Morgan fingerprint density at radius 1 is 1.23 bits per heavy atom. The van der Waals surface area contributed by atoms with E-state index in [0.29, 0.717) is 24.6 Å². The summed E-state index contributed by atoms with van der Waals surface area (Å²) in [5.41, 5.74) is 0.657. The van der Waals surface area contributed by atoms with Crippen molar-refractivity contribution in [2.24, 2.45) is 20.0 Å². The predicted molar refractivity (Wildman–Crippen MR) is 81.6 cm³/mol. The van der Waals surface area contributed by atoms with E-state index in [9.17, 15) is 9.59 Å². The van der Waals surface area contributed by atoms with Gasteiger partial charge in [-0.25, -0.2) is 4.98 Å². The maximum absolute atomic E-state index is 12.6. The fraction of sp³-hybridized carbons (Fsp3) is 0.438. The Kier molecular flexibility index (Phi) is 3.83. The van der Waals surface area contributed by atoms with Crippen LogP contribution in [0, 0.1) is 5.92 Å². The molecule has 1 atom stereocenters. The molecule has 3 heterocycles. The number of nitrogens with zero attached hydrogens (tertiary/aromatic N) is 4. The number of hydrogen-bond acceptors (Lipinski definition) is 3. The Morgan fingerprint density at radius 2 is 2.05 bits per heavy atom. The zero-order chi connectivity index (χ0) is 15.7. The molecule has 2 aromatic rings. The number of piperidine rings is 1. The second kappa shape index (κ2) is 5.79. The van der Waals surface area contributed by atoms with Gasteiger partial charge in [0, 0.05) is 51.7 Å². The van der Waals surface area contributed by atoms with Crippen molar-refractivity contribution in [1.29, 1.82) is 0 Å². The number of imidazole rings is 1. The summed E-state index contributed by atoms with van der Waals surface area (Å²) in [4.78, 5) is 31.1. The summed E-state index contributed by atoms with van der Waals surface area (Å²) >= 11 is 0. The van der Waals surface area contributed by atoms with Crippen LogP contribution in [0.1, 0.15) is 33.9 Å². The van der Waals surface area contributed by atoms with Crippen LogP contribution in [0.15, 0.2) is 30.7 Å². The van der Waals surface area contributed by atoms with Gasteiger partial charge < -0.3 is 14.0 Å². The number of Topliss-reactive ketones (excluding diaryl/α,β-unsaturated/α-hetero) is 1. The summed E-state index contributed by atoms with van der Waals surface area (Å²) in [6.45, 7) is 1.17. The fourth-order valence-electron chi connectivity index (χ4n) is 3.01. The second-order valence-corrected chi connectivity index (χ2v) is 5.82. The molecule has 1 aliphatic rings. The normalized spacial score (nSPS) is 18.5. The molecule has 6 nitrogen and oxygen atoms in total. The molecule has 2 aromatic heterocycles. The molecule has 1 amide bonds. The lowest BCUT2D eigenvalue weighted by Gasteiger charge is -2.32. The minimum Gasteiger partial charge on any atom is -0.347 e. The van der Waals surface area contributed by atoms with Crippen LogP contribution in [0.5, 0.6) is 0 Å². The van der Waals surface area contributed by atoms with E-state index in [1.165, 1.54) is 0 Å². The zero-order valence-electron chi connectivity index (χ0n) is 12.9. The zero-order valence-corrected chi connectivity index (χ0v) is 12.9. The van der Waals surface area contributed by atoms with Crippen LogP contribution in [-0.4, -0.2) is 43.8 Å². The molecule has 22 heavy (non-hydrogen) atoms. The van der Waals surface area contributed by atoms with Crippen molar-refractivity contribution in [2.75, 3.05) is 13.1 Å². The molecule has 0 saturated carbocycles. The highest BCUT2D eigenvalue weighted by Gasteiger charge is 2.31. The summed E-state index contributed by atoms with van der Waals surface area (Å²) in [7, 11) is 3.67. The number of carbonyl (C=O) groups excluding carboxylic acids is 2. The Labute approximate surface area is 129 Å². The molecule has 0 N–H and O–H groups in total. The summed E-state index contributed by atoms with van der Waals surface area (Å²) in [6.07, 6.45) is 6.90. The average molecular weight is 300 g/mol. The topological polar surface area (TPSA) is 60.1 Å². The van der Waals surface area contributed by atoms with Gasteiger partial charge in [-0.1, -0.05) is 0 Å². The maximum atomic E-state index is 12.6. The van der Waals surface area contributed by atoms with E-state index in [-0.39, 0.29) is 17.6 Å². The number of rotatable bonds is 3. The molecule has 1 fully saturated rings. The molecular formula is C16H20N4O2. The van der Waals surface area contributed by atoms with Crippen molar-refractivity contribution in [3.05, 3.63) is 42.2 Å². The standard InChI is InChI=1S/C16H20N4O2/c1-18-8-4-6-13(18)16(22)20-9-3-5-12(11-20)14(21)15-17-7-10-19(15)2/h4,6-8,10,12H,3,5,9,11H2,1-2H3/t12-/m1/s1. The lowest BCUT2D eigenvalue weighted by atomic mass is 9.93. The van der Waals surface area contributed by atoms with E-state index in [1.54, 1.807) is 21.9 Å². The fourth-order valence-corrected chi connectivity index (χ4v) is 3.01. The SMILES string of the molecule is Cn1cccc1C(=O)N1CCC[C@@H](C(=O)c2nccn2C)C1. The van der Waals surface area contributed by atoms with E-state index < -0.39 is 0 Å². The van der Waals surface area contributed by atoms with Gasteiger partial charge in [0.1, 0.15) is 5.69 Å². The van der Waals surface area contributed by atoms with E-state index in [4.69, 9.17) is 0 Å². The van der Waals surface area contributed by atoms with Crippen molar-refractivity contribution in [3.63, 3.8) is 0 Å². The average Bonchev–Trinajstić information content (AvgIpc) is 3.14. The van der Waals surface area contributed by atoms with Crippen molar-refractivity contribution in [2.45, 2.75) is 12.8 Å². The van der Waals surface area contributed by atoms with Gasteiger partial charge in [0.2, 0.25) is 5.78 Å². The largest absolute Gasteiger partial charge is 0.347 e. The summed E-state index contributed by atoms with van der Waals surface area (Å²) in [6, 6.07) is 3.67. The number of likely N-dealkylation sites (tertiary alicyclic amines) is 1. The molecule has 1 saturated heterocycles. The van der Waals surface area contributed by atoms with Gasteiger partial charge in [-0.2, -0.15) is 0 Å². The van der Waals surface area contributed by atoms with Crippen molar-refractivity contribution < 1.29 is 9.59 Å². The Bertz CT molecular complexity index is 642. The molecule has 0 aromatic carbocycles. The first kappa shape index (κ1) is 14.6. The first-order valence-electron chi connectivity index (χ1n) is 7.50. The van der Waals surface area contributed by atoms with E-state index in [0.717, 1.165) is 12.8 Å². The van der Waals surface area contributed by atoms with Crippen molar-refractivity contribution >= 4 is 11.7 Å².